The van der Waals surface area contributed by atoms with Gasteiger partial charge in [-0.05, 0) is 30.3 Å². The lowest BCUT2D eigenvalue weighted by molar-refractivity contribution is 1.21. The lowest BCUT2D eigenvalue weighted by Gasteiger charge is -2.12. The van der Waals surface area contributed by atoms with Gasteiger partial charge in [-0.1, -0.05) is 24.8 Å². The molecule has 3 aromatic rings. The molecule has 0 aliphatic carbocycles. The van der Waals surface area contributed by atoms with Crippen LogP contribution in [0.2, 0.25) is 0 Å². The van der Waals surface area contributed by atoms with E-state index < -0.39 is 0 Å². The fraction of sp³-hybridized carbons (Fsp3) is 0. The number of hydrogen-bond acceptors (Lipinski definition) is 3. The number of nitrogens with one attached hydrogen (secondary N) is 4. The van der Waals surface area contributed by atoms with Gasteiger partial charge in [-0.15, -0.1) is 0 Å². The molecule has 2 aromatic carbocycles. The highest BCUT2D eigenvalue weighted by atomic mass is 16.1. The Kier molecular flexibility index (Phi) is 3.01. The zero-order valence-corrected chi connectivity index (χ0v) is 10.7. The van der Waals surface area contributed by atoms with E-state index in [-0.39, 0.29) is 5.69 Å². The number of hydrogen-bond donors (Lipinski definition) is 4. The Morgan fingerprint density at radius 2 is 1.60 bits per heavy atom. The molecule has 100 valence electrons. The molecule has 1 aromatic heterocycles. The second-order valence-corrected chi connectivity index (χ2v) is 4.43. The second-order valence-electron chi connectivity index (χ2n) is 4.43. The Morgan fingerprint density at radius 1 is 0.900 bits per heavy atom. The SMILES string of the molecule is C=C(Nc1ccccc1)Nc1ccc2[nH]c(=O)[nH]c2c1. The summed E-state index contributed by atoms with van der Waals surface area (Å²) in [6, 6.07) is 15.3. The standard InChI is InChI=1S/C15H14N4O/c1-10(16-11-5-3-2-4-6-11)17-12-7-8-13-14(9-12)19-15(20)18-13/h2-9,16-17H,1H2,(H2,18,19,20). The summed E-state index contributed by atoms with van der Waals surface area (Å²) in [5.41, 5.74) is 3.13. The third kappa shape index (κ3) is 2.56. The highest BCUT2D eigenvalue weighted by Gasteiger charge is 2.01. The van der Waals surface area contributed by atoms with Crippen molar-refractivity contribution in [3.63, 3.8) is 0 Å². The van der Waals surface area contributed by atoms with Crippen LogP contribution in [0, 0.1) is 0 Å². The van der Waals surface area contributed by atoms with Gasteiger partial charge in [0.1, 0.15) is 5.82 Å². The first-order valence-electron chi connectivity index (χ1n) is 6.21. The average molecular weight is 266 g/mol. The number of aromatic nitrogens is 2. The predicted molar refractivity (Wildman–Crippen MR) is 81.7 cm³/mol. The molecule has 0 fully saturated rings. The van der Waals surface area contributed by atoms with Crippen LogP contribution in [-0.2, 0) is 0 Å². The van der Waals surface area contributed by atoms with E-state index in [1.165, 1.54) is 0 Å². The Morgan fingerprint density at radius 3 is 2.40 bits per heavy atom. The summed E-state index contributed by atoms with van der Waals surface area (Å²) in [6.07, 6.45) is 0. The number of H-pyrrole nitrogens is 2. The Hall–Kier alpha value is -2.95. The van der Waals surface area contributed by atoms with Gasteiger partial charge in [-0.25, -0.2) is 4.79 Å². The first-order chi connectivity index (χ1) is 9.70. The van der Waals surface area contributed by atoms with E-state index in [1.807, 2.05) is 48.5 Å². The summed E-state index contributed by atoms with van der Waals surface area (Å²) >= 11 is 0. The van der Waals surface area contributed by atoms with Crippen LogP contribution in [0.5, 0.6) is 0 Å². The van der Waals surface area contributed by atoms with Gasteiger partial charge in [-0.2, -0.15) is 0 Å². The smallest absolute Gasteiger partial charge is 0.323 e. The van der Waals surface area contributed by atoms with Gasteiger partial charge in [0.15, 0.2) is 0 Å². The number of para-hydroxylation sites is 1. The first-order valence-corrected chi connectivity index (χ1v) is 6.21. The van der Waals surface area contributed by atoms with E-state index >= 15 is 0 Å². The van der Waals surface area contributed by atoms with Gasteiger partial charge in [0.25, 0.3) is 0 Å². The summed E-state index contributed by atoms with van der Waals surface area (Å²) in [5.74, 6) is 0.661. The van der Waals surface area contributed by atoms with E-state index in [0.717, 1.165) is 22.4 Å². The lowest BCUT2D eigenvalue weighted by atomic mass is 10.2. The normalized spacial score (nSPS) is 10.4. The van der Waals surface area contributed by atoms with Crippen molar-refractivity contribution in [3.8, 4) is 0 Å². The van der Waals surface area contributed by atoms with Crippen LogP contribution >= 0.6 is 0 Å². The molecule has 5 nitrogen and oxygen atoms in total. The quantitative estimate of drug-likeness (QED) is 0.586. The number of benzene rings is 2. The molecule has 0 aliphatic rings. The molecule has 0 radical (unpaired) electrons. The fourth-order valence-corrected chi connectivity index (χ4v) is 2.01. The molecule has 0 atom stereocenters. The molecule has 0 amide bonds. The summed E-state index contributed by atoms with van der Waals surface area (Å²) in [5, 5.41) is 6.31. The van der Waals surface area contributed by atoms with Crippen molar-refractivity contribution >= 4 is 22.4 Å². The maximum Gasteiger partial charge on any atom is 0.323 e. The maximum atomic E-state index is 11.2. The Labute approximate surface area is 115 Å². The van der Waals surface area contributed by atoms with Crippen molar-refractivity contribution in [2.45, 2.75) is 0 Å². The van der Waals surface area contributed by atoms with E-state index in [9.17, 15) is 4.79 Å². The summed E-state index contributed by atoms with van der Waals surface area (Å²) in [4.78, 5) is 16.6. The predicted octanol–water partition coefficient (Wildman–Crippen LogP) is 2.85. The number of aromatic amines is 2. The van der Waals surface area contributed by atoms with E-state index in [2.05, 4.69) is 27.2 Å². The van der Waals surface area contributed by atoms with Crippen LogP contribution in [0.1, 0.15) is 0 Å². The van der Waals surface area contributed by atoms with Crippen molar-refractivity contribution in [3.05, 3.63) is 71.4 Å². The third-order valence-corrected chi connectivity index (χ3v) is 2.88. The topological polar surface area (TPSA) is 72.7 Å². The number of fused-ring (bicyclic) bond motifs is 1. The molecule has 3 rings (SSSR count). The highest BCUT2D eigenvalue weighted by molar-refractivity contribution is 5.79. The molecule has 0 saturated heterocycles. The zero-order valence-electron chi connectivity index (χ0n) is 10.7. The summed E-state index contributed by atoms with van der Waals surface area (Å²) in [7, 11) is 0. The molecule has 0 saturated carbocycles. The van der Waals surface area contributed by atoms with Crippen molar-refractivity contribution < 1.29 is 0 Å². The van der Waals surface area contributed by atoms with Crippen LogP contribution in [-0.4, -0.2) is 9.97 Å². The Bertz CT molecular complexity index is 801. The molecule has 0 spiro atoms. The van der Waals surface area contributed by atoms with E-state index in [0.29, 0.717) is 5.82 Å². The molecule has 1 heterocycles. The molecule has 0 bridgehead atoms. The minimum Gasteiger partial charge on any atom is -0.342 e. The van der Waals surface area contributed by atoms with Crippen LogP contribution < -0.4 is 16.3 Å². The summed E-state index contributed by atoms with van der Waals surface area (Å²) < 4.78 is 0. The number of anilines is 2. The third-order valence-electron chi connectivity index (χ3n) is 2.88. The first kappa shape index (κ1) is 12.1. The molecule has 4 N–H and O–H groups in total. The molecule has 20 heavy (non-hydrogen) atoms. The van der Waals surface area contributed by atoms with Crippen LogP contribution in [0.25, 0.3) is 11.0 Å². The second kappa shape index (κ2) is 4.97. The van der Waals surface area contributed by atoms with E-state index in [1.54, 1.807) is 0 Å². The highest BCUT2D eigenvalue weighted by Crippen LogP contribution is 2.16. The van der Waals surface area contributed by atoms with Gasteiger partial charge >= 0.3 is 5.69 Å². The lowest BCUT2D eigenvalue weighted by Crippen LogP contribution is -2.07. The fourth-order valence-electron chi connectivity index (χ4n) is 2.01. The van der Waals surface area contributed by atoms with Gasteiger partial charge in [0.05, 0.1) is 11.0 Å². The Balaban J connectivity index is 1.75. The van der Waals surface area contributed by atoms with Crippen molar-refractivity contribution in [1.82, 2.24) is 9.97 Å². The van der Waals surface area contributed by atoms with Crippen LogP contribution in [0.3, 0.4) is 0 Å². The molecular weight excluding hydrogens is 252 g/mol. The molecule has 0 unspecified atom stereocenters. The van der Waals surface area contributed by atoms with Gasteiger partial charge in [-0.3, -0.25) is 0 Å². The van der Waals surface area contributed by atoms with Crippen molar-refractivity contribution in [1.29, 1.82) is 0 Å². The molecule has 5 heteroatoms. The summed E-state index contributed by atoms with van der Waals surface area (Å²) in [6.45, 7) is 3.93. The van der Waals surface area contributed by atoms with Crippen LogP contribution in [0.15, 0.2) is 65.7 Å². The largest absolute Gasteiger partial charge is 0.342 e. The van der Waals surface area contributed by atoms with Gasteiger partial charge in [0.2, 0.25) is 0 Å². The number of imidazole rings is 1. The zero-order chi connectivity index (χ0) is 13.9. The van der Waals surface area contributed by atoms with E-state index in [4.69, 9.17) is 0 Å². The van der Waals surface area contributed by atoms with Gasteiger partial charge in [0, 0.05) is 11.4 Å². The minimum absolute atomic E-state index is 0.210. The maximum absolute atomic E-state index is 11.2. The molecular formula is C15H14N4O. The van der Waals surface area contributed by atoms with Crippen molar-refractivity contribution in [2.24, 2.45) is 0 Å². The monoisotopic (exact) mass is 266 g/mol. The number of rotatable bonds is 4. The van der Waals surface area contributed by atoms with Crippen LogP contribution in [0.4, 0.5) is 11.4 Å². The van der Waals surface area contributed by atoms with Crippen molar-refractivity contribution in [2.75, 3.05) is 10.6 Å². The minimum atomic E-state index is -0.210. The average Bonchev–Trinajstić information content (AvgIpc) is 2.79. The van der Waals surface area contributed by atoms with Gasteiger partial charge < -0.3 is 20.6 Å². The molecule has 0 aliphatic heterocycles.